The number of halogens is 4. The van der Waals surface area contributed by atoms with Gasteiger partial charge in [0.15, 0.2) is 11.6 Å². The number of hydrogen-bond acceptors (Lipinski definition) is 4. The Kier molecular flexibility index (Phi) is 7.41. The highest BCUT2D eigenvalue weighted by molar-refractivity contribution is 5.29. The molecular weight excluding hydrogens is 294 g/mol. The summed E-state index contributed by atoms with van der Waals surface area (Å²) in [6, 6.07) is 4.26. The van der Waals surface area contributed by atoms with Crippen molar-refractivity contribution in [1.82, 2.24) is 5.32 Å². The predicted molar refractivity (Wildman–Crippen MR) is 67.5 cm³/mol. The van der Waals surface area contributed by atoms with Gasteiger partial charge in [-0.15, -0.1) is 13.2 Å². The Labute approximate surface area is 120 Å². The number of hydrogen-bond donors (Lipinski definition) is 1. The largest absolute Gasteiger partial charge is 0.522 e. The van der Waals surface area contributed by atoms with Crippen LogP contribution in [0.25, 0.3) is 0 Å². The van der Waals surface area contributed by atoms with E-state index in [1.165, 1.54) is 12.1 Å². The monoisotopic (exact) mass is 311 g/mol. The van der Waals surface area contributed by atoms with Crippen LogP contribution in [0, 0.1) is 5.82 Å². The summed E-state index contributed by atoms with van der Waals surface area (Å²) >= 11 is 0. The van der Waals surface area contributed by atoms with Gasteiger partial charge in [0.05, 0.1) is 13.2 Å². The Morgan fingerprint density at radius 2 is 1.90 bits per heavy atom. The maximum Gasteiger partial charge on any atom is 0.522 e. The quantitative estimate of drug-likeness (QED) is 0.562. The van der Waals surface area contributed by atoms with E-state index < -0.39 is 18.8 Å². The Morgan fingerprint density at radius 1 is 1.14 bits per heavy atom. The van der Waals surface area contributed by atoms with Gasteiger partial charge in [0.1, 0.15) is 6.61 Å². The van der Waals surface area contributed by atoms with Gasteiger partial charge >= 0.3 is 6.36 Å². The molecule has 0 aromatic heterocycles. The third kappa shape index (κ3) is 7.84. The molecule has 4 nitrogen and oxygen atoms in total. The molecule has 1 aromatic rings. The van der Waals surface area contributed by atoms with E-state index in [-0.39, 0.29) is 12.4 Å². The zero-order valence-electron chi connectivity index (χ0n) is 11.5. The number of methoxy groups -OCH3 is 1. The number of rotatable bonds is 9. The van der Waals surface area contributed by atoms with Gasteiger partial charge in [-0.05, 0) is 17.7 Å². The van der Waals surface area contributed by atoms with Crippen molar-refractivity contribution in [2.24, 2.45) is 0 Å². The van der Waals surface area contributed by atoms with Gasteiger partial charge in [-0.2, -0.15) is 0 Å². The molecule has 0 saturated carbocycles. The highest BCUT2D eigenvalue weighted by Crippen LogP contribution is 2.19. The van der Waals surface area contributed by atoms with Crippen LogP contribution in [-0.4, -0.2) is 39.8 Å². The molecule has 1 N–H and O–H groups in total. The molecule has 0 spiro atoms. The van der Waals surface area contributed by atoms with Crippen LogP contribution in [0.5, 0.6) is 5.75 Å². The lowest BCUT2D eigenvalue weighted by Gasteiger charge is -2.10. The first kappa shape index (κ1) is 17.7. The van der Waals surface area contributed by atoms with Crippen molar-refractivity contribution in [2.75, 3.05) is 33.5 Å². The second-order valence-corrected chi connectivity index (χ2v) is 4.08. The zero-order chi connectivity index (χ0) is 15.7. The fourth-order valence-electron chi connectivity index (χ4n) is 1.49. The van der Waals surface area contributed by atoms with Crippen molar-refractivity contribution in [3.63, 3.8) is 0 Å². The van der Waals surface area contributed by atoms with Crippen LogP contribution >= 0.6 is 0 Å². The number of benzene rings is 1. The minimum absolute atomic E-state index is 0.110. The van der Waals surface area contributed by atoms with E-state index >= 15 is 0 Å². The third-order valence-electron chi connectivity index (χ3n) is 2.42. The number of nitrogens with one attached hydrogen (secondary N) is 1. The minimum atomic E-state index is -4.71. The second-order valence-electron chi connectivity index (χ2n) is 4.08. The van der Waals surface area contributed by atoms with Crippen molar-refractivity contribution in [3.8, 4) is 5.75 Å². The lowest BCUT2D eigenvalue weighted by Crippen LogP contribution is -2.19. The van der Waals surface area contributed by atoms with E-state index in [1.807, 2.05) is 0 Å². The Morgan fingerprint density at radius 3 is 2.52 bits per heavy atom. The second kappa shape index (κ2) is 8.81. The van der Waals surface area contributed by atoms with Crippen molar-refractivity contribution in [1.29, 1.82) is 0 Å². The summed E-state index contributed by atoms with van der Waals surface area (Å²) in [7, 11) is 1.58. The minimum Gasteiger partial charge on any atom is -0.488 e. The molecule has 120 valence electrons. The Bertz CT molecular complexity index is 426. The van der Waals surface area contributed by atoms with Gasteiger partial charge in [0.25, 0.3) is 0 Å². The summed E-state index contributed by atoms with van der Waals surface area (Å²) < 4.78 is 62.1. The molecule has 1 rings (SSSR count). The molecule has 0 unspecified atom stereocenters. The molecule has 0 radical (unpaired) electrons. The smallest absolute Gasteiger partial charge is 0.488 e. The number of ether oxygens (including phenoxy) is 3. The maximum atomic E-state index is 13.6. The Balaban J connectivity index is 2.36. The highest BCUT2D eigenvalue weighted by atomic mass is 19.4. The van der Waals surface area contributed by atoms with Gasteiger partial charge in [-0.1, -0.05) is 6.07 Å². The van der Waals surface area contributed by atoms with E-state index in [0.717, 1.165) is 0 Å². The van der Waals surface area contributed by atoms with Gasteiger partial charge in [-0.25, -0.2) is 4.39 Å². The normalized spacial score (nSPS) is 11.7. The lowest BCUT2D eigenvalue weighted by molar-refractivity contribution is -0.325. The van der Waals surface area contributed by atoms with E-state index in [4.69, 9.17) is 9.47 Å². The summed E-state index contributed by atoms with van der Waals surface area (Å²) in [5, 5.41) is 3.04. The molecule has 0 heterocycles. The molecule has 0 aliphatic carbocycles. The van der Waals surface area contributed by atoms with Crippen LogP contribution in [0.4, 0.5) is 17.6 Å². The molecule has 0 aliphatic rings. The fraction of sp³-hybridized carbons (Fsp3) is 0.538. The maximum absolute atomic E-state index is 13.6. The standard InChI is InChI=1S/C13H17F4NO3/c1-19-5-4-18-9-10-2-3-12(11(14)8-10)20-6-7-21-13(15,16)17/h2-3,8,18H,4-7,9H2,1H3. The van der Waals surface area contributed by atoms with Gasteiger partial charge < -0.3 is 14.8 Å². The lowest BCUT2D eigenvalue weighted by atomic mass is 10.2. The first-order valence-corrected chi connectivity index (χ1v) is 6.24. The summed E-state index contributed by atoms with van der Waals surface area (Å²) in [4.78, 5) is 0. The summed E-state index contributed by atoms with van der Waals surface area (Å²) in [5.74, 6) is -0.741. The SMILES string of the molecule is COCCNCc1ccc(OCCOC(F)(F)F)c(F)c1. The predicted octanol–water partition coefficient (Wildman–Crippen LogP) is 2.48. The van der Waals surface area contributed by atoms with Gasteiger partial charge in [0.2, 0.25) is 0 Å². The molecule has 0 fully saturated rings. The average molecular weight is 311 g/mol. The summed E-state index contributed by atoms with van der Waals surface area (Å²) in [6.07, 6.45) is -4.71. The first-order chi connectivity index (χ1) is 9.92. The summed E-state index contributed by atoms with van der Waals surface area (Å²) in [5.41, 5.74) is 0.697. The molecule has 0 atom stereocenters. The molecule has 0 bridgehead atoms. The van der Waals surface area contributed by atoms with Crippen LogP contribution in [0.2, 0.25) is 0 Å². The molecule has 21 heavy (non-hydrogen) atoms. The van der Waals surface area contributed by atoms with Crippen LogP contribution in [-0.2, 0) is 16.0 Å². The van der Waals surface area contributed by atoms with E-state index in [9.17, 15) is 17.6 Å². The average Bonchev–Trinajstić information content (AvgIpc) is 2.40. The van der Waals surface area contributed by atoms with E-state index in [1.54, 1.807) is 13.2 Å². The molecule has 0 saturated heterocycles. The van der Waals surface area contributed by atoms with Crippen molar-refractivity contribution in [3.05, 3.63) is 29.6 Å². The van der Waals surface area contributed by atoms with Crippen LogP contribution in [0.1, 0.15) is 5.56 Å². The van der Waals surface area contributed by atoms with Crippen molar-refractivity contribution >= 4 is 0 Å². The number of alkyl halides is 3. The Hall–Kier alpha value is -1.38. The third-order valence-corrected chi connectivity index (χ3v) is 2.42. The van der Waals surface area contributed by atoms with Crippen molar-refractivity contribution < 1.29 is 31.8 Å². The van der Waals surface area contributed by atoms with E-state index in [2.05, 4.69) is 10.1 Å². The van der Waals surface area contributed by atoms with Crippen LogP contribution in [0.3, 0.4) is 0 Å². The fourth-order valence-corrected chi connectivity index (χ4v) is 1.49. The highest BCUT2D eigenvalue weighted by Gasteiger charge is 2.28. The van der Waals surface area contributed by atoms with Gasteiger partial charge in [-0.3, -0.25) is 4.74 Å². The van der Waals surface area contributed by atoms with E-state index in [0.29, 0.717) is 25.3 Å². The molecule has 0 amide bonds. The first-order valence-electron chi connectivity index (χ1n) is 6.24. The van der Waals surface area contributed by atoms with Crippen LogP contribution < -0.4 is 10.1 Å². The summed E-state index contributed by atoms with van der Waals surface area (Å²) in [6.45, 7) is 0.552. The van der Waals surface area contributed by atoms with Crippen molar-refractivity contribution in [2.45, 2.75) is 12.9 Å². The zero-order valence-corrected chi connectivity index (χ0v) is 11.5. The molecule has 1 aromatic carbocycles. The van der Waals surface area contributed by atoms with Gasteiger partial charge in [0, 0.05) is 20.2 Å². The topological polar surface area (TPSA) is 39.7 Å². The molecule has 8 heteroatoms. The molecule has 0 aliphatic heterocycles. The molecular formula is C13H17F4NO3. The van der Waals surface area contributed by atoms with Crippen LogP contribution in [0.15, 0.2) is 18.2 Å².